The third-order valence-corrected chi connectivity index (χ3v) is 1.72. The van der Waals surface area contributed by atoms with E-state index in [4.69, 9.17) is 5.26 Å². The Balaban J connectivity index is 1.97. The Labute approximate surface area is 85.2 Å². The largest absolute Gasteiger partial charge is 0.376 e. The molecule has 2 rings (SSSR count). The molecule has 2 heterocycles. The molecule has 2 aromatic rings. The third-order valence-electron chi connectivity index (χ3n) is 1.72. The average molecular weight is 201 g/mol. The molecule has 0 aromatic carbocycles. The third kappa shape index (κ3) is 2.25. The summed E-state index contributed by atoms with van der Waals surface area (Å²) < 4.78 is 0. The Morgan fingerprint density at radius 1 is 1.47 bits per heavy atom. The predicted molar refractivity (Wildman–Crippen MR) is 50.5 cm³/mol. The molecule has 0 saturated heterocycles. The van der Waals surface area contributed by atoms with E-state index in [9.17, 15) is 0 Å². The van der Waals surface area contributed by atoms with Crippen molar-refractivity contribution in [3.63, 3.8) is 0 Å². The molecule has 0 saturated carbocycles. The zero-order valence-corrected chi connectivity index (χ0v) is 7.68. The number of hydrogen-bond acceptors (Lipinski definition) is 6. The number of anilines is 1. The fourth-order valence-electron chi connectivity index (χ4n) is 1.00. The number of pyridine rings is 1. The maximum Gasteiger partial charge on any atom is 0.193 e. The van der Waals surface area contributed by atoms with E-state index in [2.05, 4.69) is 30.9 Å². The van der Waals surface area contributed by atoms with Crippen LogP contribution in [-0.2, 0) is 6.54 Å². The van der Waals surface area contributed by atoms with Gasteiger partial charge >= 0.3 is 0 Å². The molecule has 0 spiro atoms. The zero-order chi connectivity index (χ0) is 10.5. The topological polar surface area (TPSA) is 103 Å². The van der Waals surface area contributed by atoms with E-state index in [1.807, 2.05) is 6.07 Å². The second-order valence-electron chi connectivity index (χ2n) is 2.73. The van der Waals surface area contributed by atoms with Crippen molar-refractivity contribution in [2.45, 2.75) is 6.54 Å². The molecule has 0 aliphatic carbocycles. The van der Waals surface area contributed by atoms with E-state index in [0.717, 1.165) is 5.69 Å². The van der Waals surface area contributed by atoms with Crippen molar-refractivity contribution in [2.75, 3.05) is 5.32 Å². The number of aromatic nitrogens is 5. The van der Waals surface area contributed by atoms with Crippen molar-refractivity contribution in [3.8, 4) is 6.07 Å². The van der Waals surface area contributed by atoms with Gasteiger partial charge in [-0.3, -0.25) is 0 Å². The number of nitrogens with zero attached hydrogens (tertiary/aromatic N) is 5. The lowest BCUT2D eigenvalue weighted by Gasteiger charge is -2.01. The van der Waals surface area contributed by atoms with Crippen LogP contribution in [0.15, 0.2) is 18.3 Å². The molecule has 2 N–H and O–H groups in total. The number of tetrazole rings is 1. The first-order chi connectivity index (χ1) is 7.38. The first kappa shape index (κ1) is 9.08. The van der Waals surface area contributed by atoms with E-state index < -0.39 is 0 Å². The van der Waals surface area contributed by atoms with Crippen LogP contribution in [0.3, 0.4) is 0 Å². The van der Waals surface area contributed by atoms with Crippen molar-refractivity contribution in [1.82, 2.24) is 25.6 Å². The maximum absolute atomic E-state index is 8.54. The van der Waals surface area contributed by atoms with E-state index in [1.165, 1.54) is 0 Å². The van der Waals surface area contributed by atoms with Crippen LogP contribution in [-0.4, -0.2) is 25.6 Å². The molecular formula is C8H7N7. The van der Waals surface area contributed by atoms with Gasteiger partial charge in [-0.1, -0.05) is 5.21 Å². The van der Waals surface area contributed by atoms with E-state index in [1.54, 1.807) is 18.3 Å². The second-order valence-corrected chi connectivity index (χ2v) is 2.73. The molecule has 0 radical (unpaired) electrons. The highest BCUT2D eigenvalue weighted by Crippen LogP contribution is 2.05. The summed E-state index contributed by atoms with van der Waals surface area (Å²) in [5, 5.41) is 24.9. The summed E-state index contributed by atoms with van der Waals surface area (Å²) in [6.07, 6.45) is 1.58. The van der Waals surface area contributed by atoms with E-state index >= 15 is 0 Å². The van der Waals surface area contributed by atoms with Crippen LogP contribution in [0.25, 0.3) is 0 Å². The monoisotopic (exact) mass is 201 g/mol. The maximum atomic E-state index is 8.54. The van der Waals surface area contributed by atoms with E-state index in [-0.39, 0.29) is 0 Å². The Morgan fingerprint density at radius 3 is 3.00 bits per heavy atom. The van der Waals surface area contributed by atoms with Gasteiger partial charge in [0, 0.05) is 0 Å². The van der Waals surface area contributed by atoms with E-state index in [0.29, 0.717) is 18.1 Å². The molecule has 74 valence electrons. The number of rotatable bonds is 3. The molecule has 7 nitrogen and oxygen atoms in total. The number of nitrogens with one attached hydrogen (secondary N) is 2. The number of aromatic amines is 1. The van der Waals surface area contributed by atoms with Gasteiger partial charge in [0.05, 0.1) is 18.4 Å². The quantitative estimate of drug-likeness (QED) is 0.728. The summed E-state index contributed by atoms with van der Waals surface area (Å²) in [6, 6.07) is 5.35. The van der Waals surface area contributed by atoms with Gasteiger partial charge in [0.15, 0.2) is 5.82 Å². The van der Waals surface area contributed by atoms with Crippen LogP contribution in [0, 0.1) is 11.3 Å². The molecule has 0 unspecified atom stereocenters. The van der Waals surface area contributed by atoms with Gasteiger partial charge in [-0.15, -0.1) is 10.2 Å². The van der Waals surface area contributed by atoms with Crippen molar-refractivity contribution in [2.24, 2.45) is 0 Å². The molecule has 0 fully saturated rings. The lowest BCUT2D eigenvalue weighted by atomic mass is 10.3. The van der Waals surface area contributed by atoms with Gasteiger partial charge in [0.1, 0.15) is 11.8 Å². The Morgan fingerprint density at radius 2 is 2.40 bits per heavy atom. The predicted octanol–water partition coefficient (Wildman–Crippen LogP) is 0.0785. The molecule has 0 aliphatic rings. The summed E-state index contributed by atoms with van der Waals surface area (Å²) in [6.45, 7) is 0.462. The number of H-pyrrole nitrogens is 1. The normalized spacial score (nSPS) is 9.53. The van der Waals surface area contributed by atoms with Gasteiger partial charge in [0.25, 0.3) is 0 Å². The first-order valence-electron chi connectivity index (χ1n) is 4.21. The smallest absolute Gasteiger partial charge is 0.193 e. The highest BCUT2D eigenvalue weighted by Gasteiger charge is 1.98. The van der Waals surface area contributed by atoms with Crippen LogP contribution in [0.1, 0.15) is 11.5 Å². The minimum absolute atomic E-state index is 0.389. The molecule has 0 atom stereocenters. The van der Waals surface area contributed by atoms with Gasteiger partial charge in [0.2, 0.25) is 0 Å². The lowest BCUT2D eigenvalue weighted by molar-refractivity contribution is 0.881. The van der Waals surface area contributed by atoms with Crippen molar-refractivity contribution < 1.29 is 0 Å². The fraction of sp³-hybridized carbons (Fsp3) is 0.125. The molecule has 7 heteroatoms. The van der Waals surface area contributed by atoms with Crippen molar-refractivity contribution in [1.29, 1.82) is 5.26 Å². The Hall–Kier alpha value is -2.49. The first-order valence-corrected chi connectivity index (χ1v) is 4.21. The average Bonchev–Trinajstić information content (AvgIpc) is 2.80. The van der Waals surface area contributed by atoms with Crippen molar-refractivity contribution in [3.05, 3.63) is 29.8 Å². The molecule has 0 amide bonds. The van der Waals surface area contributed by atoms with Crippen LogP contribution >= 0.6 is 0 Å². The summed E-state index contributed by atoms with van der Waals surface area (Å²) >= 11 is 0. The fourth-order valence-corrected chi connectivity index (χ4v) is 1.00. The molecular weight excluding hydrogens is 194 g/mol. The molecule has 2 aromatic heterocycles. The molecule has 15 heavy (non-hydrogen) atoms. The number of nitriles is 1. The van der Waals surface area contributed by atoms with Crippen LogP contribution in [0.4, 0.5) is 5.69 Å². The minimum Gasteiger partial charge on any atom is -0.376 e. The number of hydrogen-bond donors (Lipinski definition) is 2. The van der Waals surface area contributed by atoms with Crippen LogP contribution < -0.4 is 5.32 Å². The van der Waals surface area contributed by atoms with Gasteiger partial charge in [-0.2, -0.15) is 10.5 Å². The highest BCUT2D eigenvalue weighted by atomic mass is 15.5. The van der Waals surface area contributed by atoms with Gasteiger partial charge in [-0.25, -0.2) is 4.98 Å². The molecule has 0 bridgehead atoms. The highest BCUT2D eigenvalue weighted by molar-refractivity contribution is 5.42. The minimum atomic E-state index is 0.389. The summed E-state index contributed by atoms with van der Waals surface area (Å²) in [4.78, 5) is 3.91. The standard InChI is InChI=1S/C8H7N7/c9-3-6-1-2-7(4-10-6)11-5-8-12-14-15-13-8/h1-2,4,11H,5H2,(H,12,13,14,15). The van der Waals surface area contributed by atoms with Crippen LogP contribution in [0.5, 0.6) is 0 Å². The van der Waals surface area contributed by atoms with Gasteiger partial charge < -0.3 is 5.32 Å². The summed E-state index contributed by atoms with van der Waals surface area (Å²) in [5.41, 5.74) is 1.19. The van der Waals surface area contributed by atoms with Crippen molar-refractivity contribution >= 4 is 5.69 Å². The zero-order valence-electron chi connectivity index (χ0n) is 7.68. The van der Waals surface area contributed by atoms with Gasteiger partial charge in [-0.05, 0) is 12.1 Å². The SMILES string of the molecule is N#Cc1ccc(NCc2nn[nH]n2)cn1. The lowest BCUT2D eigenvalue weighted by Crippen LogP contribution is -2.01. The molecule has 0 aliphatic heterocycles. The second kappa shape index (κ2) is 4.15. The Bertz CT molecular complexity index is 453. The summed E-state index contributed by atoms with van der Waals surface area (Å²) in [7, 11) is 0. The van der Waals surface area contributed by atoms with Crippen LogP contribution in [0.2, 0.25) is 0 Å². The summed E-state index contributed by atoms with van der Waals surface area (Å²) in [5.74, 6) is 0.569. The Kier molecular flexibility index (Phi) is 2.51.